The highest BCUT2D eigenvalue weighted by Crippen LogP contribution is 2.22. The van der Waals surface area contributed by atoms with Crippen molar-refractivity contribution in [2.75, 3.05) is 26.2 Å². The zero-order valence-corrected chi connectivity index (χ0v) is 13.4. The van der Waals surface area contributed by atoms with Crippen LogP contribution in [0.5, 0.6) is 0 Å². The number of carboxylic acids is 1. The molecule has 2 N–H and O–H groups in total. The van der Waals surface area contributed by atoms with Crippen molar-refractivity contribution < 1.29 is 31.5 Å². The molecule has 6 nitrogen and oxygen atoms in total. The molecule has 10 heteroatoms. The van der Waals surface area contributed by atoms with Gasteiger partial charge < -0.3 is 5.11 Å². The summed E-state index contributed by atoms with van der Waals surface area (Å²) in [7, 11) is -3.83. The van der Waals surface area contributed by atoms with Crippen LogP contribution in [-0.2, 0) is 10.0 Å². The zero-order chi connectivity index (χ0) is 18.0. The van der Waals surface area contributed by atoms with E-state index < -0.39 is 28.7 Å². The number of carbonyl (C=O) groups is 1. The minimum Gasteiger partial charge on any atom is -0.478 e. The Hall–Kier alpha value is -1.65. The molecule has 1 aromatic carbocycles. The van der Waals surface area contributed by atoms with Crippen LogP contribution in [0.4, 0.5) is 13.2 Å². The fourth-order valence-corrected chi connectivity index (χ4v) is 3.68. The molecule has 0 amide bonds. The Bertz CT molecular complexity index is 689. The van der Waals surface area contributed by atoms with E-state index in [1.54, 1.807) is 0 Å². The van der Waals surface area contributed by atoms with Gasteiger partial charge in [0.2, 0.25) is 10.0 Å². The van der Waals surface area contributed by atoms with E-state index >= 15 is 0 Å². The lowest BCUT2D eigenvalue weighted by atomic mass is 10.1. The van der Waals surface area contributed by atoms with Crippen molar-refractivity contribution in [3.8, 4) is 0 Å². The zero-order valence-electron chi connectivity index (χ0n) is 12.6. The van der Waals surface area contributed by atoms with Gasteiger partial charge in [-0.25, -0.2) is 17.9 Å². The maximum Gasteiger partial charge on any atom is 0.401 e. The van der Waals surface area contributed by atoms with Gasteiger partial charge in [0.1, 0.15) is 0 Å². The van der Waals surface area contributed by atoms with Gasteiger partial charge in [0.15, 0.2) is 0 Å². The van der Waals surface area contributed by atoms with Crippen LogP contribution in [0, 0.1) is 5.92 Å². The summed E-state index contributed by atoms with van der Waals surface area (Å²) in [5, 5.41) is 8.78. The summed E-state index contributed by atoms with van der Waals surface area (Å²) in [5.41, 5.74) is -0.0347. The van der Waals surface area contributed by atoms with Crippen LogP contribution in [0.1, 0.15) is 16.8 Å². The fourth-order valence-electron chi connectivity index (χ4n) is 2.56. The molecule has 0 radical (unpaired) electrons. The average molecular weight is 366 g/mol. The van der Waals surface area contributed by atoms with Crippen molar-refractivity contribution in [3.63, 3.8) is 0 Å². The second kappa shape index (κ2) is 7.08. The number of hydrogen-bond acceptors (Lipinski definition) is 4. The fraction of sp³-hybridized carbons (Fsp3) is 0.500. The van der Waals surface area contributed by atoms with Gasteiger partial charge >= 0.3 is 12.1 Å². The summed E-state index contributed by atoms with van der Waals surface area (Å²) in [6.07, 6.45) is -3.78. The third-order valence-electron chi connectivity index (χ3n) is 3.75. The smallest absolute Gasteiger partial charge is 0.401 e. The van der Waals surface area contributed by atoms with Gasteiger partial charge in [-0.2, -0.15) is 13.2 Å². The highest BCUT2D eigenvalue weighted by molar-refractivity contribution is 7.89. The lowest BCUT2D eigenvalue weighted by Gasteiger charge is -2.18. The Morgan fingerprint density at radius 1 is 1.29 bits per heavy atom. The first kappa shape index (κ1) is 18.7. The number of rotatable bonds is 6. The van der Waals surface area contributed by atoms with Gasteiger partial charge in [-0.3, -0.25) is 4.90 Å². The lowest BCUT2D eigenvalue weighted by Crippen LogP contribution is -2.34. The van der Waals surface area contributed by atoms with E-state index in [-0.39, 0.29) is 36.0 Å². The molecule has 0 saturated carbocycles. The molecule has 24 heavy (non-hydrogen) atoms. The second-order valence-electron chi connectivity index (χ2n) is 5.69. The molecule has 0 aliphatic carbocycles. The third kappa shape index (κ3) is 5.18. The highest BCUT2D eigenvalue weighted by Gasteiger charge is 2.34. The number of sulfonamides is 1. The van der Waals surface area contributed by atoms with Crippen LogP contribution in [0.3, 0.4) is 0 Å². The molecule has 1 heterocycles. The topological polar surface area (TPSA) is 86.7 Å². The quantitative estimate of drug-likeness (QED) is 0.798. The SMILES string of the molecule is O=C(O)c1ccc(S(=O)(=O)NC[C@@H]2CCN(CC(F)(F)F)C2)cc1. The average Bonchev–Trinajstić information content (AvgIpc) is 2.91. The van der Waals surface area contributed by atoms with Gasteiger partial charge in [0, 0.05) is 13.1 Å². The predicted molar refractivity (Wildman–Crippen MR) is 79.2 cm³/mol. The number of aromatic carboxylic acids is 1. The largest absolute Gasteiger partial charge is 0.478 e. The van der Waals surface area contributed by atoms with E-state index in [4.69, 9.17) is 5.11 Å². The van der Waals surface area contributed by atoms with Crippen molar-refractivity contribution in [3.05, 3.63) is 29.8 Å². The van der Waals surface area contributed by atoms with Crippen molar-refractivity contribution in [1.29, 1.82) is 0 Å². The van der Waals surface area contributed by atoms with E-state index in [1.165, 1.54) is 29.2 Å². The Labute approximate surface area is 137 Å². The van der Waals surface area contributed by atoms with Crippen LogP contribution in [0.15, 0.2) is 29.2 Å². The number of hydrogen-bond donors (Lipinski definition) is 2. The van der Waals surface area contributed by atoms with Crippen molar-refractivity contribution in [1.82, 2.24) is 9.62 Å². The Morgan fingerprint density at radius 3 is 2.46 bits per heavy atom. The Kier molecular flexibility index (Phi) is 5.51. The first-order chi connectivity index (χ1) is 11.1. The maximum atomic E-state index is 12.3. The first-order valence-electron chi connectivity index (χ1n) is 7.19. The van der Waals surface area contributed by atoms with E-state index in [2.05, 4.69) is 4.72 Å². The molecule has 1 saturated heterocycles. The number of halogens is 3. The van der Waals surface area contributed by atoms with Crippen molar-refractivity contribution in [2.24, 2.45) is 5.92 Å². The van der Waals surface area contributed by atoms with Gasteiger partial charge in [-0.1, -0.05) is 0 Å². The van der Waals surface area contributed by atoms with Crippen LogP contribution in [0.2, 0.25) is 0 Å². The van der Waals surface area contributed by atoms with Crippen LogP contribution >= 0.6 is 0 Å². The molecule has 2 rings (SSSR count). The monoisotopic (exact) mass is 366 g/mol. The van der Waals surface area contributed by atoms with Crippen LogP contribution < -0.4 is 4.72 Å². The molecule has 1 atom stereocenters. The molecule has 0 aromatic heterocycles. The summed E-state index contributed by atoms with van der Waals surface area (Å²) >= 11 is 0. The normalized spacial score (nSPS) is 19.5. The lowest BCUT2D eigenvalue weighted by molar-refractivity contribution is -0.143. The number of nitrogens with zero attached hydrogens (tertiary/aromatic N) is 1. The molecule has 1 aliphatic rings. The van der Waals surface area contributed by atoms with Crippen LogP contribution in [0.25, 0.3) is 0 Å². The Balaban J connectivity index is 1.90. The minimum atomic E-state index is -4.26. The van der Waals surface area contributed by atoms with E-state index in [9.17, 15) is 26.4 Å². The molecule has 0 spiro atoms. The second-order valence-corrected chi connectivity index (χ2v) is 7.45. The highest BCUT2D eigenvalue weighted by atomic mass is 32.2. The minimum absolute atomic E-state index is 0.0347. The molecule has 0 bridgehead atoms. The summed E-state index contributed by atoms with van der Waals surface area (Å²) in [6, 6.07) is 4.71. The first-order valence-corrected chi connectivity index (χ1v) is 8.67. The molecular formula is C14H17F3N2O4S. The van der Waals surface area contributed by atoms with Crippen molar-refractivity contribution >= 4 is 16.0 Å². The molecule has 134 valence electrons. The number of benzene rings is 1. The Morgan fingerprint density at radius 2 is 1.92 bits per heavy atom. The van der Waals surface area contributed by atoms with E-state index in [0.29, 0.717) is 6.42 Å². The predicted octanol–water partition coefficient (Wildman–Crippen LogP) is 1.55. The van der Waals surface area contributed by atoms with E-state index in [0.717, 1.165) is 0 Å². The van der Waals surface area contributed by atoms with Gasteiger partial charge in [-0.05, 0) is 43.1 Å². The molecule has 0 unspecified atom stereocenters. The van der Waals surface area contributed by atoms with Gasteiger partial charge in [0.25, 0.3) is 0 Å². The number of carboxylic acid groups (broad SMARTS) is 1. The summed E-state index contributed by atoms with van der Waals surface area (Å²) in [4.78, 5) is 11.9. The van der Waals surface area contributed by atoms with Crippen molar-refractivity contribution in [2.45, 2.75) is 17.5 Å². The molecule has 1 aromatic rings. The van der Waals surface area contributed by atoms with E-state index in [1.807, 2.05) is 0 Å². The summed E-state index contributed by atoms with van der Waals surface area (Å²) in [6.45, 7) is -0.497. The summed E-state index contributed by atoms with van der Waals surface area (Å²) < 4.78 is 63.6. The number of nitrogens with one attached hydrogen (secondary N) is 1. The van der Waals surface area contributed by atoms with Crippen LogP contribution in [-0.4, -0.2) is 56.7 Å². The summed E-state index contributed by atoms with van der Waals surface area (Å²) in [5.74, 6) is -1.36. The maximum absolute atomic E-state index is 12.3. The third-order valence-corrected chi connectivity index (χ3v) is 5.19. The molecule has 1 aliphatic heterocycles. The standard InChI is InChI=1S/C14H17F3N2O4S/c15-14(16,17)9-19-6-5-10(8-19)7-18-24(22,23)12-3-1-11(2-4-12)13(20)21/h1-4,10,18H,5-9H2,(H,20,21)/t10-/m0/s1. The van der Waals surface area contributed by atoms with Gasteiger partial charge in [0.05, 0.1) is 17.0 Å². The van der Waals surface area contributed by atoms with Gasteiger partial charge in [-0.15, -0.1) is 0 Å². The molecular weight excluding hydrogens is 349 g/mol. The molecule has 1 fully saturated rings. The number of alkyl halides is 3. The number of likely N-dealkylation sites (tertiary alicyclic amines) is 1.